The van der Waals surface area contributed by atoms with Gasteiger partial charge in [0.1, 0.15) is 0 Å². The summed E-state index contributed by atoms with van der Waals surface area (Å²) in [4.78, 5) is 0. The van der Waals surface area contributed by atoms with Gasteiger partial charge in [-0.05, 0) is 30.4 Å². The average Bonchev–Trinajstić information content (AvgIpc) is 2.68. The third kappa shape index (κ3) is 1.34. The lowest BCUT2D eigenvalue weighted by Crippen LogP contribution is -2.57. The van der Waals surface area contributed by atoms with Gasteiger partial charge in [-0.1, -0.05) is 58.2 Å². The van der Waals surface area contributed by atoms with Crippen LogP contribution < -0.4 is 5.32 Å². The van der Waals surface area contributed by atoms with Crippen LogP contribution in [-0.4, -0.2) is 5.54 Å². The molecule has 0 bridgehead atoms. The summed E-state index contributed by atoms with van der Waals surface area (Å²) < 4.78 is 0. The molecule has 0 spiro atoms. The summed E-state index contributed by atoms with van der Waals surface area (Å²) in [7, 11) is 0. The van der Waals surface area contributed by atoms with Gasteiger partial charge in [-0.25, -0.2) is 0 Å². The van der Waals surface area contributed by atoms with Gasteiger partial charge in [-0.3, -0.25) is 0 Å². The monoisotopic (exact) mass is 243 g/mol. The molecular formula is C17H25N. The molecule has 1 heteroatoms. The largest absolute Gasteiger partial charge is 0.378 e. The van der Waals surface area contributed by atoms with Crippen LogP contribution in [0.2, 0.25) is 0 Å². The Hall–Kier alpha value is -0.980. The maximum absolute atomic E-state index is 3.94. The number of hydrogen-bond donors (Lipinski definition) is 1. The van der Waals surface area contributed by atoms with Gasteiger partial charge >= 0.3 is 0 Å². The highest BCUT2D eigenvalue weighted by Crippen LogP contribution is 2.58. The zero-order chi connectivity index (χ0) is 12.8. The minimum Gasteiger partial charge on any atom is -0.378 e. The first-order valence-electron chi connectivity index (χ1n) is 7.52. The topological polar surface area (TPSA) is 12.0 Å². The molecule has 0 amide bonds. The Labute approximate surface area is 111 Å². The summed E-state index contributed by atoms with van der Waals surface area (Å²) in [6, 6.07) is 8.98. The fourth-order valence-electron chi connectivity index (χ4n) is 4.53. The molecule has 1 fully saturated rings. The van der Waals surface area contributed by atoms with Crippen LogP contribution in [0.3, 0.4) is 0 Å². The average molecular weight is 243 g/mol. The molecule has 3 atom stereocenters. The van der Waals surface area contributed by atoms with Gasteiger partial charge in [-0.2, -0.15) is 0 Å². The van der Waals surface area contributed by atoms with Gasteiger partial charge in [0.2, 0.25) is 0 Å². The molecule has 1 saturated carbocycles. The third-order valence-electron chi connectivity index (χ3n) is 5.82. The number of fused-ring (bicyclic) bond motifs is 3. The van der Waals surface area contributed by atoms with E-state index in [0.717, 1.165) is 5.92 Å². The van der Waals surface area contributed by atoms with Crippen molar-refractivity contribution in [3.8, 4) is 0 Å². The Kier molecular flexibility index (Phi) is 2.69. The fraction of sp³-hybridized carbons (Fsp3) is 0.647. The van der Waals surface area contributed by atoms with Crippen LogP contribution in [0, 0.1) is 5.92 Å². The molecule has 1 aromatic rings. The van der Waals surface area contributed by atoms with E-state index in [1.807, 2.05) is 0 Å². The predicted molar refractivity (Wildman–Crippen MR) is 78.1 cm³/mol. The number of nitrogens with one attached hydrogen (secondary N) is 1. The van der Waals surface area contributed by atoms with E-state index < -0.39 is 0 Å². The van der Waals surface area contributed by atoms with Crippen LogP contribution in [0.1, 0.15) is 58.4 Å². The molecule has 98 valence electrons. The van der Waals surface area contributed by atoms with Gasteiger partial charge < -0.3 is 5.32 Å². The number of rotatable bonds is 2. The van der Waals surface area contributed by atoms with Crippen molar-refractivity contribution < 1.29 is 0 Å². The zero-order valence-corrected chi connectivity index (χ0v) is 11.9. The molecule has 1 heterocycles. The molecular weight excluding hydrogens is 218 g/mol. The molecule has 0 radical (unpaired) electrons. The van der Waals surface area contributed by atoms with Crippen molar-refractivity contribution in [1.82, 2.24) is 0 Å². The Balaban J connectivity index is 2.14. The molecule has 0 saturated heterocycles. The maximum Gasteiger partial charge on any atom is 0.0493 e. The van der Waals surface area contributed by atoms with Crippen LogP contribution >= 0.6 is 0 Å². The van der Waals surface area contributed by atoms with E-state index in [1.165, 1.54) is 37.8 Å². The summed E-state index contributed by atoms with van der Waals surface area (Å²) in [6.07, 6.45) is 6.68. The molecule has 1 nitrogen and oxygen atoms in total. The first-order chi connectivity index (χ1) is 8.64. The lowest BCUT2D eigenvalue weighted by molar-refractivity contribution is 0.132. The highest BCUT2D eigenvalue weighted by atomic mass is 15.1. The number of anilines is 1. The third-order valence-corrected chi connectivity index (χ3v) is 5.82. The Morgan fingerprint density at radius 2 is 1.94 bits per heavy atom. The van der Waals surface area contributed by atoms with Crippen molar-refractivity contribution in [3.63, 3.8) is 0 Å². The van der Waals surface area contributed by atoms with Gasteiger partial charge in [-0.15, -0.1) is 0 Å². The van der Waals surface area contributed by atoms with Crippen LogP contribution in [0.25, 0.3) is 0 Å². The van der Waals surface area contributed by atoms with Crippen LogP contribution in [-0.2, 0) is 5.41 Å². The quantitative estimate of drug-likeness (QED) is 0.792. The van der Waals surface area contributed by atoms with Gasteiger partial charge in [0, 0.05) is 16.6 Å². The number of hydrogen-bond acceptors (Lipinski definition) is 1. The first-order valence-corrected chi connectivity index (χ1v) is 7.52. The summed E-state index contributed by atoms with van der Waals surface area (Å²) in [6.45, 7) is 7.26. The van der Waals surface area contributed by atoms with E-state index in [9.17, 15) is 0 Å². The van der Waals surface area contributed by atoms with E-state index in [-0.39, 0.29) is 0 Å². The molecule has 1 aliphatic heterocycles. The van der Waals surface area contributed by atoms with Crippen LogP contribution in [0.15, 0.2) is 24.3 Å². The van der Waals surface area contributed by atoms with Crippen molar-refractivity contribution in [2.24, 2.45) is 5.92 Å². The van der Waals surface area contributed by atoms with Crippen LogP contribution in [0.4, 0.5) is 5.69 Å². The molecule has 3 unspecified atom stereocenters. The van der Waals surface area contributed by atoms with Crippen molar-refractivity contribution in [2.45, 2.75) is 63.8 Å². The summed E-state index contributed by atoms with van der Waals surface area (Å²) >= 11 is 0. The summed E-state index contributed by atoms with van der Waals surface area (Å²) in [5.41, 5.74) is 3.58. The molecule has 2 aliphatic rings. The smallest absolute Gasteiger partial charge is 0.0493 e. The number of benzene rings is 1. The molecule has 18 heavy (non-hydrogen) atoms. The predicted octanol–water partition coefficient (Wildman–Crippen LogP) is 4.73. The van der Waals surface area contributed by atoms with Gasteiger partial charge in [0.25, 0.3) is 0 Å². The lowest BCUT2D eigenvalue weighted by atomic mass is 9.56. The van der Waals surface area contributed by atoms with Crippen molar-refractivity contribution in [2.75, 3.05) is 5.32 Å². The molecule has 0 aromatic heterocycles. The highest BCUT2D eigenvalue weighted by molar-refractivity contribution is 5.65. The molecule has 1 aromatic carbocycles. The minimum atomic E-state index is 0.295. The zero-order valence-electron chi connectivity index (χ0n) is 11.9. The Morgan fingerprint density at radius 1 is 1.22 bits per heavy atom. The fourth-order valence-corrected chi connectivity index (χ4v) is 4.53. The van der Waals surface area contributed by atoms with E-state index in [2.05, 4.69) is 50.4 Å². The van der Waals surface area contributed by atoms with E-state index in [0.29, 0.717) is 11.0 Å². The lowest BCUT2D eigenvalue weighted by Gasteiger charge is -2.51. The molecule has 1 aliphatic carbocycles. The first kappa shape index (κ1) is 12.1. The second kappa shape index (κ2) is 4.01. The Bertz CT molecular complexity index is 453. The SMILES string of the molecule is CCC(C)C12CCCCC1(C)c1ccccc1N2. The van der Waals surface area contributed by atoms with Crippen LogP contribution in [0.5, 0.6) is 0 Å². The number of para-hydroxylation sites is 1. The normalized spacial score (nSPS) is 35.5. The highest BCUT2D eigenvalue weighted by Gasteiger charge is 2.57. The van der Waals surface area contributed by atoms with Crippen molar-refractivity contribution >= 4 is 5.69 Å². The minimum absolute atomic E-state index is 0.295. The standard InChI is InChI=1S/C17H25N/c1-4-13(2)17-12-8-7-11-16(17,3)14-9-5-6-10-15(14)18-17/h5-6,9-10,13,18H,4,7-8,11-12H2,1-3H3. The second-order valence-electron chi connectivity index (χ2n) is 6.49. The molecule has 3 rings (SSSR count). The van der Waals surface area contributed by atoms with Gasteiger partial charge in [0.05, 0.1) is 0 Å². The summed E-state index contributed by atoms with van der Waals surface area (Å²) in [5, 5.41) is 3.94. The van der Waals surface area contributed by atoms with E-state index >= 15 is 0 Å². The van der Waals surface area contributed by atoms with Crippen molar-refractivity contribution in [3.05, 3.63) is 29.8 Å². The second-order valence-corrected chi connectivity index (χ2v) is 6.49. The molecule has 1 N–H and O–H groups in total. The van der Waals surface area contributed by atoms with E-state index in [1.54, 1.807) is 5.56 Å². The van der Waals surface area contributed by atoms with Gasteiger partial charge in [0.15, 0.2) is 0 Å². The Morgan fingerprint density at radius 3 is 2.72 bits per heavy atom. The van der Waals surface area contributed by atoms with Crippen molar-refractivity contribution in [1.29, 1.82) is 0 Å². The summed E-state index contributed by atoms with van der Waals surface area (Å²) in [5.74, 6) is 0.732. The maximum atomic E-state index is 3.94. The van der Waals surface area contributed by atoms with E-state index in [4.69, 9.17) is 0 Å².